The summed E-state index contributed by atoms with van der Waals surface area (Å²) >= 11 is 0. The normalized spacial score (nSPS) is 11.6. The molecule has 1 aromatic carbocycles. The van der Waals surface area contributed by atoms with Crippen molar-refractivity contribution in [1.82, 2.24) is 25.3 Å². The van der Waals surface area contributed by atoms with E-state index in [4.69, 9.17) is 0 Å². The molecule has 0 saturated heterocycles. The molecule has 0 fully saturated rings. The van der Waals surface area contributed by atoms with Crippen molar-refractivity contribution in [3.8, 4) is 0 Å². The molecule has 1 heterocycles. The zero-order valence-electron chi connectivity index (χ0n) is 17.8. The van der Waals surface area contributed by atoms with Crippen LogP contribution in [0, 0.1) is 0 Å². The molecule has 28 heavy (non-hydrogen) atoms. The highest BCUT2D eigenvalue weighted by Crippen LogP contribution is 2.18. The molecule has 0 unspecified atom stereocenters. The molecule has 0 aliphatic carbocycles. The number of guanidine groups is 1. The summed E-state index contributed by atoms with van der Waals surface area (Å²) in [7, 11) is 7.41. The number of carbonyl (C=O) groups is 1. The van der Waals surface area contributed by atoms with Crippen LogP contribution in [0.3, 0.4) is 0 Å². The maximum atomic E-state index is 11.8. The van der Waals surface area contributed by atoms with E-state index in [1.54, 1.807) is 14.1 Å². The van der Waals surface area contributed by atoms with Crippen molar-refractivity contribution in [3.63, 3.8) is 0 Å². The number of aryl methyl sites for hydroxylation is 1. The van der Waals surface area contributed by atoms with E-state index in [9.17, 15) is 4.79 Å². The van der Waals surface area contributed by atoms with E-state index in [-0.39, 0.29) is 5.91 Å². The lowest BCUT2D eigenvalue weighted by Crippen LogP contribution is -2.39. The van der Waals surface area contributed by atoms with E-state index in [1.165, 1.54) is 5.56 Å². The highest BCUT2D eigenvalue weighted by molar-refractivity contribution is 5.94. The van der Waals surface area contributed by atoms with E-state index in [2.05, 4.69) is 45.7 Å². The lowest BCUT2D eigenvalue weighted by Gasteiger charge is -2.22. The predicted molar refractivity (Wildman–Crippen MR) is 114 cm³/mol. The van der Waals surface area contributed by atoms with Crippen molar-refractivity contribution in [1.29, 1.82) is 0 Å². The van der Waals surface area contributed by atoms with Crippen LogP contribution in [0.25, 0.3) is 0 Å². The Morgan fingerprint density at radius 1 is 1.36 bits per heavy atom. The Morgan fingerprint density at radius 2 is 2.11 bits per heavy atom. The third kappa shape index (κ3) is 5.58. The number of hydrogen-bond acceptors (Lipinski definition) is 3. The molecular formula is C21H32N6O. The Morgan fingerprint density at radius 3 is 2.75 bits per heavy atom. The smallest absolute Gasteiger partial charge is 0.251 e. The SMILES string of the molecule is CN=C(NCCc1cccc(C(=O)NC)c1)N(C)Cc1cn(C)nc1C(C)C. The molecule has 2 aromatic rings. The number of aromatic nitrogens is 2. The summed E-state index contributed by atoms with van der Waals surface area (Å²) in [5, 5.41) is 10.6. The van der Waals surface area contributed by atoms with E-state index >= 15 is 0 Å². The van der Waals surface area contributed by atoms with Crippen LogP contribution in [0.4, 0.5) is 0 Å². The van der Waals surface area contributed by atoms with Crippen LogP contribution in [0.15, 0.2) is 35.5 Å². The molecule has 0 radical (unpaired) electrons. The molecule has 1 aromatic heterocycles. The van der Waals surface area contributed by atoms with Crippen LogP contribution in [-0.2, 0) is 20.0 Å². The molecule has 152 valence electrons. The molecule has 0 aliphatic rings. The van der Waals surface area contributed by atoms with Crippen molar-refractivity contribution in [3.05, 3.63) is 52.8 Å². The molecule has 0 spiro atoms. The molecule has 0 atom stereocenters. The van der Waals surface area contributed by atoms with E-state index < -0.39 is 0 Å². The van der Waals surface area contributed by atoms with Gasteiger partial charge in [0.2, 0.25) is 0 Å². The Hall–Kier alpha value is -2.83. The average Bonchev–Trinajstić information content (AvgIpc) is 3.05. The van der Waals surface area contributed by atoms with Gasteiger partial charge in [-0.2, -0.15) is 5.10 Å². The van der Waals surface area contributed by atoms with Gasteiger partial charge in [-0.25, -0.2) is 0 Å². The first-order valence-electron chi connectivity index (χ1n) is 9.61. The average molecular weight is 385 g/mol. The number of carbonyl (C=O) groups excluding carboxylic acids is 1. The lowest BCUT2D eigenvalue weighted by molar-refractivity contribution is 0.0963. The van der Waals surface area contributed by atoms with Gasteiger partial charge < -0.3 is 15.5 Å². The first-order chi connectivity index (χ1) is 13.3. The molecule has 0 bridgehead atoms. The second-order valence-corrected chi connectivity index (χ2v) is 7.23. The quantitative estimate of drug-likeness (QED) is 0.567. The third-order valence-corrected chi connectivity index (χ3v) is 4.58. The summed E-state index contributed by atoms with van der Waals surface area (Å²) in [6.45, 7) is 5.79. The van der Waals surface area contributed by atoms with Gasteiger partial charge in [0.1, 0.15) is 0 Å². The Balaban J connectivity index is 1.95. The van der Waals surface area contributed by atoms with Crippen LogP contribution in [-0.4, -0.2) is 54.2 Å². The third-order valence-electron chi connectivity index (χ3n) is 4.58. The maximum Gasteiger partial charge on any atom is 0.251 e. The monoisotopic (exact) mass is 384 g/mol. The first kappa shape index (κ1) is 21.5. The minimum absolute atomic E-state index is 0.0669. The van der Waals surface area contributed by atoms with E-state index in [0.717, 1.165) is 36.7 Å². The second-order valence-electron chi connectivity index (χ2n) is 7.23. The van der Waals surface area contributed by atoms with Gasteiger partial charge in [-0.1, -0.05) is 26.0 Å². The zero-order chi connectivity index (χ0) is 20.7. The zero-order valence-corrected chi connectivity index (χ0v) is 17.8. The van der Waals surface area contributed by atoms with Gasteiger partial charge >= 0.3 is 0 Å². The highest BCUT2D eigenvalue weighted by atomic mass is 16.1. The molecule has 7 heteroatoms. The minimum atomic E-state index is -0.0669. The van der Waals surface area contributed by atoms with Gasteiger partial charge in [0.05, 0.1) is 5.69 Å². The molecule has 1 amide bonds. The second kappa shape index (κ2) is 9.92. The largest absolute Gasteiger partial charge is 0.356 e. The number of amides is 1. The van der Waals surface area contributed by atoms with Gasteiger partial charge in [0.25, 0.3) is 5.91 Å². The van der Waals surface area contributed by atoms with Crippen LogP contribution in [0.5, 0.6) is 0 Å². The summed E-state index contributed by atoms with van der Waals surface area (Å²) in [4.78, 5) is 18.3. The van der Waals surface area contributed by atoms with Crippen LogP contribution in [0.2, 0.25) is 0 Å². The summed E-state index contributed by atoms with van der Waals surface area (Å²) in [6.07, 6.45) is 2.88. The summed E-state index contributed by atoms with van der Waals surface area (Å²) in [6, 6.07) is 7.70. The molecule has 2 rings (SSSR count). The maximum absolute atomic E-state index is 11.8. The Kier molecular flexibility index (Phi) is 7.61. The summed E-state index contributed by atoms with van der Waals surface area (Å²) < 4.78 is 1.87. The van der Waals surface area contributed by atoms with Crippen molar-refractivity contribution >= 4 is 11.9 Å². The summed E-state index contributed by atoms with van der Waals surface area (Å²) in [5.41, 5.74) is 4.12. The predicted octanol–water partition coefficient (Wildman–Crippen LogP) is 2.15. The van der Waals surface area contributed by atoms with Crippen molar-refractivity contribution in [2.24, 2.45) is 12.0 Å². The molecule has 0 aliphatic heterocycles. The lowest BCUT2D eigenvalue weighted by atomic mass is 10.1. The Bertz CT molecular complexity index is 824. The van der Waals surface area contributed by atoms with Gasteiger partial charge in [-0.3, -0.25) is 14.5 Å². The fourth-order valence-electron chi connectivity index (χ4n) is 3.21. The molecule has 2 N–H and O–H groups in total. The number of nitrogens with one attached hydrogen (secondary N) is 2. The van der Waals surface area contributed by atoms with Crippen molar-refractivity contribution in [2.75, 3.05) is 27.7 Å². The highest BCUT2D eigenvalue weighted by Gasteiger charge is 2.15. The van der Waals surface area contributed by atoms with Gasteiger partial charge in [-0.05, 0) is 30.0 Å². The fourth-order valence-corrected chi connectivity index (χ4v) is 3.21. The Labute approximate surface area is 167 Å². The first-order valence-corrected chi connectivity index (χ1v) is 9.61. The summed E-state index contributed by atoms with van der Waals surface area (Å²) in [5.74, 6) is 1.15. The number of hydrogen-bond donors (Lipinski definition) is 2. The number of aliphatic imine (C=N–C) groups is 1. The van der Waals surface area contributed by atoms with Gasteiger partial charge in [0.15, 0.2) is 5.96 Å². The number of nitrogens with zero attached hydrogens (tertiary/aromatic N) is 4. The fraction of sp³-hybridized carbons (Fsp3) is 0.476. The van der Waals surface area contributed by atoms with Gasteiger partial charge in [0, 0.05) is 58.6 Å². The van der Waals surface area contributed by atoms with E-state index in [1.807, 2.05) is 43.0 Å². The number of rotatable bonds is 7. The number of benzene rings is 1. The van der Waals surface area contributed by atoms with Crippen LogP contribution < -0.4 is 10.6 Å². The molecular weight excluding hydrogens is 352 g/mol. The van der Waals surface area contributed by atoms with Gasteiger partial charge in [-0.15, -0.1) is 0 Å². The molecule has 0 saturated carbocycles. The van der Waals surface area contributed by atoms with E-state index in [0.29, 0.717) is 11.5 Å². The standard InChI is InChI=1S/C21H32N6O/c1-15(2)19-18(14-27(6)25-19)13-26(5)21(23-4)24-11-10-16-8-7-9-17(12-16)20(28)22-3/h7-9,12,14-15H,10-11,13H2,1-6H3,(H,22,28)(H,23,24). The molecule has 7 nitrogen and oxygen atoms in total. The van der Waals surface area contributed by atoms with Crippen molar-refractivity contribution < 1.29 is 4.79 Å². The van der Waals surface area contributed by atoms with Crippen molar-refractivity contribution in [2.45, 2.75) is 32.7 Å². The topological polar surface area (TPSA) is 74.6 Å². The minimum Gasteiger partial charge on any atom is -0.356 e. The van der Waals surface area contributed by atoms with Crippen LogP contribution in [0.1, 0.15) is 46.9 Å². The van der Waals surface area contributed by atoms with Crippen LogP contribution >= 0.6 is 0 Å².